The molecule has 0 radical (unpaired) electrons. The highest BCUT2D eigenvalue weighted by molar-refractivity contribution is 5.78. The van der Waals surface area contributed by atoms with Crippen LogP contribution in [0.5, 0.6) is 5.75 Å². The van der Waals surface area contributed by atoms with Crippen LogP contribution in [0.3, 0.4) is 0 Å². The smallest absolute Gasteiger partial charge is 0.258 e. The molecule has 0 fully saturated rings. The van der Waals surface area contributed by atoms with E-state index in [-0.39, 0.29) is 18.6 Å². The number of hydrogen-bond acceptors (Lipinski definition) is 2. The van der Waals surface area contributed by atoms with Crippen LogP contribution in [0.2, 0.25) is 0 Å². The van der Waals surface area contributed by atoms with Gasteiger partial charge in [-0.3, -0.25) is 4.79 Å². The highest BCUT2D eigenvalue weighted by atomic mass is 16.5. The Kier molecular flexibility index (Phi) is 4.14. The van der Waals surface area contributed by atoms with Crippen molar-refractivity contribution < 1.29 is 9.53 Å². The molecule has 2 aromatic rings. The molecule has 0 saturated heterocycles. The molecule has 2 aromatic carbocycles. The van der Waals surface area contributed by atoms with Gasteiger partial charge >= 0.3 is 0 Å². The lowest BCUT2D eigenvalue weighted by Crippen LogP contribution is -2.31. The first kappa shape index (κ1) is 14.6. The van der Waals surface area contributed by atoms with Gasteiger partial charge in [0.15, 0.2) is 6.61 Å². The summed E-state index contributed by atoms with van der Waals surface area (Å²) in [5.41, 5.74) is 4.83. The average Bonchev–Trinajstić information content (AvgIpc) is 2.92. The molecular weight excluding hydrogens is 274 g/mol. The number of carbonyl (C=O) groups excluding carboxylic acids is 1. The van der Waals surface area contributed by atoms with Crippen LogP contribution < -0.4 is 10.1 Å². The first-order valence-electron chi connectivity index (χ1n) is 7.71. The zero-order valence-electron chi connectivity index (χ0n) is 13.1. The lowest BCUT2D eigenvalue weighted by Gasteiger charge is -2.15. The van der Waals surface area contributed by atoms with Crippen LogP contribution in [0.25, 0.3) is 0 Å². The number of carbonyl (C=O) groups is 1. The van der Waals surface area contributed by atoms with E-state index in [0.29, 0.717) is 0 Å². The minimum absolute atomic E-state index is 0.0585. The summed E-state index contributed by atoms with van der Waals surface area (Å²) in [5.74, 6) is 0.713. The molecule has 3 heteroatoms. The molecule has 3 rings (SSSR count). The van der Waals surface area contributed by atoms with Gasteiger partial charge in [0.2, 0.25) is 0 Å². The van der Waals surface area contributed by atoms with Crippen molar-refractivity contribution in [3.05, 3.63) is 64.7 Å². The van der Waals surface area contributed by atoms with Gasteiger partial charge in [-0.15, -0.1) is 0 Å². The Hall–Kier alpha value is -2.29. The second-order valence-electron chi connectivity index (χ2n) is 5.84. The number of nitrogens with one attached hydrogen (secondary N) is 1. The molecule has 1 N–H and O–H groups in total. The van der Waals surface area contributed by atoms with Gasteiger partial charge < -0.3 is 10.1 Å². The normalized spacial score (nSPS) is 16.2. The summed E-state index contributed by atoms with van der Waals surface area (Å²) >= 11 is 0. The fourth-order valence-corrected chi connectivity index (χ4v) is 2.97. The summed E-state index contributed by atoms with van der Waals surface area (Å²) in [6, 6.07) is 14.3. The third-order valence-corrected chi connectivity index (χ3v) is 4.38. The first-order valence-corrected chi connectivity index (χ1v) is 7.71. The van der Waals surface area contributed by atoms with E-state index in [0.717, 1.165) is 24.2 Å². The predicted molar refractivity (Wildman–Crippen MR) is 87.1 cm³/mol. The van der Waals surface area contributed by atoms with Crippen LogP contribution in [0.15, 0.2) is 42.5 Å². The second kappa shape index (κ2) is 6.22. The van der Waals surface area contributed by atoms with Gasteiger partial charge in [0.05, 0.1) is 6.04 Å². The second-order valence-corrected chi connectivity index (χ2v) is 5.84. The fourth-order valence-electron chi connectivity index (χ4n) is 2.97. The maximum atomic E-state index is 12.1. The summed E-state index contributed by atoms with van der Waals surface area (Å²) in [6.45, 7) is 4.11. The number of hydrogen-bond donors (Lipinski definition) is 1. The third-order valence-electron chi connectivity index (χ3n) is 4.38. The molecule has 0 aromatic heterocycles. The van der Waals surface area contributed by atoms with Crippen LogP contribution in [0.1, 0.15) is 34.7 Å². The Morgan fingerprint density at radius 3 is 2.86 bits per heavy atom. The molecule has 1 aliphatic rings. The van der Waals surface area contributed by atoms with Gasteiger partial charge in [-0.1, -0.05) is 36.4 Å². The van der Waals surface area contributed by atoms with E-state index in [9.17, 15) is 4.79 Å². The van der Waals surface area contributed by atoms with E-state index >= 15 is 0 Å². The van der Waals surface area contributed by atoms with Crippen molar-refractivity contribution in [3.63, 3.8) is 0 Å². The van der Waals surface area contributed by atoms with Crippen molar-refractivity contribution in [3.8, 4) is 5.75 Å². The lowest BCUT2D eigenvalue weighted by molar-refractivity contribution is -0.123. The number of fused-ring (bicyclic) bond motifs is 1. The van der Waals surface area contributed by atoms with Crippen molar-refractivity contribution in [1.82, 2.24) is 5.32 Å². The van der Waals surface area contributed by atoms with E-state index in [2.05, 4.69) is 17.4 Å². The topological polar surface area (TPSA) is 38.3 Å². The van der Waals surface area contributed by atoms with Crippen LogP contribution in [-0.4, -0.2) is 12.5 Å². The van der Waals surface area contributed by atoms with Crippen LogP contribution in [0, 0.1) is 13.8 Å². The summed E-state index contributed by atoms with van der Waals surface area (Å²) in [7, 11) is 0. The summed E-state index contributed by atoms with van der Waals surface area (Å²) in [4.78, 5) is 12.1. The summed E-state index contributed by atoms with van der Waals surface area (Å²) in [6.07, 6.45) is 1.99. The van der Waals surface area contributed by atoms with Crippen molar-refractivity contribution in [2.24, 2.45) is 0 Å². The molecule has 0 saturated carbocycles. The Morgan fingerprint density at radius 2 is 2.00 bits per heavy atom. The van der Waals surface area contributed by atoms with E-state index < -0.39 is 0 Å². The minimum Gasteiger partial charge on any atom is -0.483 e. The van der Waals surface area contributed by atoms with Crippen molar-refractivity contribution in [2.75, 3.05) is 6.61 Å². The van der Waals surface area contributed by atoms with Crippen LogP contribution in [0.4, 0.5) is 0 Å². The van der Waals surface area contributed by atoms with Crippen LogP contribution >= 0.6 is 0 Å². The number of amides is 1. The molecule has 1 aliphatic carbocycles. The van der Waals surface area contributed by atoms with Gasteiger partial charge in [-0.25, -0.2) is 0 Å². The number of rotatable bonds is 4. The third kappa shape index (κ3) is 2.98. The monoisotopic (exact) mass is 295 g/mol. The van der Waals surface area contributed by atoms with Gasteiger partial charge in [0, 0.05) is 0 Å². The molecule has 0 bridgehead atoms. The van der Waals surface area contributed by atoms with Crippen molar-refractivity contribution >= 4 is 5.91 Å². The van der Waals surface area contributed by atoms with Gasteiger partial charge in [-0.05, 0) is 55.0 Å². The van der Waals surface area contributed by atoms with Crippen molar-refractivity contribution in [2.45, 2.75) is 32.7 Å². The zero-order chi connectivity index (χ0) is 15.5. The molecule has 22 heavy (non-hydrogen) atoms. The minimum atomic E-state index is -0.0670. The van der Waals surface area contributed by atoms with E-state index in [1.165, 1.54) is 16.7 Å². The largest absolute Gasteiger partial charge is 0.483 e. The molecule has 0 heterocycles. The maximum absolute atomic E-state index is 12.1. The van der Waals surface area contributed by atoms with Crippen molar-refractivity contribution in [1.29, 1.82) is 0 Å². The quantitative estimate of drug-likeness (QED) is 0.937. The molecule has 1 amide bonds. The lowest BCUT2D eigenvalue weighted by atomic mass is 10.1. The average molecular weight is 295 g/mol. The Morgan fingerprint density at radius 1 is 1.18 bits per heavy atom. The highest BCUT2D eigenvalue weighted by Gasteiger charge is 2.23. The number of benzene rings is 2. The van der Waals surface area contributed by atoms with Gasteiger partial charge in [0.1, 0.15) is 5.75 Å². The zero-order valence-corrected chi connectivity index (χ0v) is 13.1. The Bertz CT molecular complexity index is 694. The van der Waals surface area contributed by atoms with Gasteiger partial charge in [0.25, 0.3) is 5.91 Å². The first-order chi connectivity index (χ1) is 10.6. The predicted octanol–water partition coefficient (Wildman–Crippen LogP) is 3.49. The molecule has 1 atom stereocenters. The van der Waals surface area contributed by atoms with E-state index in [4.69, 9.17) is 4.74 Å². The SMILES string of the molecule is Cc1cccc(OCC(=O)N[C@H]2CCc3ccccc32)c1C. The molecular formula is C19H21NO2. The molecule has 114 valence electrons. The van der Waals surface area contributed by atoms with E-state index in [1.54, 1.807) is 0 Å². The van der Waals surface area contributed by atoms with Gasteiger partial charge in [-0.2, -0.15) is 0 Å². The summed E-state index contributed by atoms with van der Waals surface area (Å²) in [5, 5.41) is 3.08. The Labute approximate surface area is 131 Å². The number of aryl methyl sites for hydroxylation is 2. The molecule has 3 nitrogen and oxygen atoms in total. The van der Waals surface area contributed by atoms with E-state index in [1.807, 2.05) is 44.2 Å². The standard InChI is InChI=1S/C19H21NO2/c1-13-6-5-9-18(14(13)2)22-12-19(21)20-17-11-10-15-7-3-4-8-16(15)17/h3-9,17H,10-12H2,1-2H3,(H,20,21)/t17-/m0/s1. The Balaban J connectivity index is 1.59. The summed E-state index contributed by atoms with van der Waals surface area (Å²) < 4.78 is 5.67. The molecule has 0 spiro atoms. The highest BCUT2D eigenvalue weighted by Crippen LogP contribution is 2.30. The molecule has 0 aliphatic heterocycles. The maximum Gasteiger partial charge on any atom is 0.258 e. The molecule has 0 unspecified atom stereocenters. The van der Waals surface area contributed by atoms with Crippen LogP contribution in [-0.2, 0) is 11.2 Å². The fraction of sp³-hybridized carbons (Fsp3) is 0.316. The number of ether oxygens (including phenoxy) is 1.